The Morgan fingerprint density at radius 1 is 0.250 bits per heavy atom. The van der Waals surface area contributed by atoms with Crippen LogP contribution in [0.5, 0.6) is 0 Å². The maximum absolute atomic E-state index is 12.1. The molecule has 0 saturated carbocycles. The number of benzene rings is 11. The smallest absolute Gasteiger partial charge is 0.164 e. The first kappa shape index (κ1) is 56.0. The Morgan fingerprint density at radius 2 is 0.500 bits per heavy atom. The van der Waals surface area contributed by atoms with Crippen LogP contribution in [0.2, 0.25) is 0 Å². The number of rotatable bonds is 9. The van der Waals surface area contributed by atoms with Gasteiger partial charge in [0.05, 0.1) is 80.0 Å². The molecule has 0 aliphatic heterocycles. The Labute approximate surface area is 509 Å². The van der Waals surface area contributed by atoms with Crippen LogP contribution in [0.25, 0.3) is 134 Å². The lowest BCUT2D eigenvalue weighted by molar-refractivity contribution is 1.06. The summed E-state index contributed by atoms with van der Waals surface area (Å²) in [5.41, 5.74) is 17.0. The first-order chi connectivity index (χ1) is 43.4. The summed E-state index contributed by atoms with van der Waals surface area (Å²) in [6.45, 7) is 8.00. The van der Waals surface area contributed by atoms with Gasteiger partial charge in [-0.15, -0.1) is 0 Å². The molecule has 0 saturated heterocycles. The largest absolute Gasteiger partial charge is 0.308 e. The Morgan fingerprint density at radius 3 is 0.750 bits per heavy atom. The number of aromatic nitrogens is 5. The summed E-state index contributed by atoms with van der Waals surface area (Å²) in [6, 6.07) is 91.0. The predicted octanol–water partition coefficient (Wildman–Crippen LogP) is 19.1. The zero-order valence-electron chi connectivity index (χ0n) is 48.6. The van der Waals surface area contributed by atoms with Crippen LogP contribution in [0.15, 0.2) is 243 Å². The second-order valence-electron chi connectivity index (χ2n) is 20.4. The number of hydrogen-bond donors (Lipinski definition) is 0. The normalized spacial score (nSPS) is 10.7. The van der Waals surface area contributed by atoms with E-state index in [1.165, 1.54) is 0 Å². The van der Waals surface area contributed by atoms with Gasteiger partial charge in [0.15, 0.2) is 17.5 Å². The minimum atomic E-state index is 0.386. The van der Waals surface area contributed by atoms with Crippen LogP contribution in [-0.2, 0) is 0 Å². The SMILES string of the molecule is CC.CC.N#Cc1ccc(-c2ccc3c(c2)c2cc(-c4ccc(C#N)cc4)ccc2n3-c2cc(-c3nc(-c4ccccc4)nc(-c4ccccc4)n3)cc(-n3c4ccc(-c5ccc(C#N)cc5)cc4c4cc(-c5ccc(C#N)cc5)ccc43)c2C#N)cc1. The second-order valence-corrected chi connectivity index (χ2v) is 20.4. The fraction of sp³-hybridized carbons (Fsp3) is 0.0513. The van der Waals surface area contributed by atoms with E-state index in [1.54, 1.807) is 0 Å². The maximum atomic E-state index is 12.1. The van der Waals surface area contributed by atoms with Gasteiger partial charge in [0, 0.05) is 38.2 Å². The van der Waals surface area contributed by atoms with Gasteiger partial charge >= 0.3 is 0 Å². The van der Waals surface area contributed by atoms with E-state index in [1.807, 2.05) is 198 Å². The molecular weight excluding hydrogens is 1080 g/mol. The summed E-state index contributed by atoms with van der Waals surface area (Å²) in [6.07, 6.45) is 0. The lowest BCUT2D eigenvalue weighted by atomic mass is 9.99. The van der Waals surface area contributed by atoms with E-state index >= 15 is 0 Å². The quantitative estimate of drug-likeness (QED) is 0.138. The molecule has 0 unspecified atom stereocenters. The van der Waals surface area contributed by atoms with E-state index in [-0.39, 0.29) is 0 Å². The highest BCUT2D eigenvalue weighted by Crippen LogP contribution is 2.44. The van der Waals surface area contributed by atoms with Crippen molar-refractivity contribution in [2.45, 2.75) is 27.7 Å². The van der Waals surface area contributed by atoms with E-state index in [9.17, 15) is 26.3 Å². The topological polar surface area (TPSA) is 167 Å². The summed E-state index contributed by atoms with van der Waals surface area (Å²) in [4.78, 5) is 15.6. The molecule has 3 heterocycles. The van der Waals surface area contributed by atoms with Crippen LogP contribution >= 0.6 is 0 Å². The Balaban J connectivity index is 0.00000185. The highest BCUT2D eigenvalue weighted by Gasteiger charge is 2.25. The van der Waals surface area contributed by atoms with Gasteiger partial charge in [-0.2, -0.15) is 26.3 Å². The summed E-state index contributed by atoms with van der Waals surface area (Å²) >= 11 is 0. The standard InChI is InChI=1S/C74H40N10.2C2H6/c75-41-46-11-19-50(20-12-46)56-27-31-66-61(35-56)62-36-57(51-21-13-47(42-76)14-22-51)28-32-67(62)83(66)70-39-60(74-81-72(54-7-3-1-4-8-54)80-73(82-74)55-9-5-2-6-10-55)40-71(65(70)45-79)84-68-33-29-58(52-23-15-48(43-77)16-24-52)37-63(68)64-38-59(30-34-69(64)84)53-25-17-49(44-78)18-26-53;2*1-2/h1-40H;2*1-2H3. The van der Waals surface area contributed by atoms with E-state index < -0.39 is 0 Å². The number of nitrogens with zero attached hydrogens (tertiary/aromatic N) is 10. The van der Waals surface area contributed by atoms with Crippen molar-refractivity contribution in [2.75, 3.05) is 0 Å². The third-order valence-corrected chi connectivity index (χ3v) is 15.6. The highest BCUT2D eigenvalue weighted by molar-refractivity contribution is 6.14. The molecule has 0 fully saturated rings. The molecule has 0 atom stereocenters. The van der Waals surface area contributed by atoms with Crippen LogP contribution < -0.4 is 0 Å². The molecule has 11 aromatic carbocycles. The molecule has 3 aromatic heterocycles. The first-order valence-corrected chi connectivity index (χ1v) is 29.0. The molecular formula is C78H52N10. The molecule has 0 spiro atoms. The van der Waals surface area contributed by atoms with Crippen molar-refractivity contribution in [3.05, 3.63) is 270 Å². The minimum Gasteiger partial charge on any atom is -0.308 e. The van der Waals surface area contributed by atoms with Crippen molar-refractivity contribution >= 4 is 43.6 Å². The van der Waals surface area contributed by atoms with Crippen LogP contribution in [0.4, 0.5) is 0 Å². The third kappa shape index (κ3) is 10.3. The van der Waals surface area contributed by atoms with Crippen LogP contribution in [0, 0.1) is 56.7 Å². The average Bonchev–Trinajstić information content (AvgIpc) is 1.72. The Hall–Kier alpha value is -12.5. The molecule has 0 aliphatic carbocycles. The highest BCUT2D eigenvalue weighted by atomic mass is 15.1. The molecule has 14 aromatic rings. The maximum Gasteiger partial charge on any atom is 0.164 e. The van der Waals surface area contributed by atoms with E-state index in [0.717, 1.165) is 99.2 Å². The molecule has 88 heavy (non-hydrogen) atoms. The summed E-state index contributed by atoms with van der Waals surface area (Å²) in [5.74, 6) is 1.36. The molecule has 10 heteroatoms. The minimum absolute atomic E-state index is 0.386. The molecule has 0 N–H and O–H groups in total. The summed E-state index contributed by atoms with van der Waals surface area (Å²) in [5, 5.41) is 54.5. The molecule has 10 nitrogen and oxygen atoms in total. The summed E-state index contributed by atoms with van der Waals surface area (Å²) in [7, 11) is 0. The zero-order chi connectivity index (χ0) is 60.8. The molecule has 0 bridgehead atoms. The molecule has 0 aliphatic rings. The Bertz CT molecular complexity index is 4660. The van der Waals surface area contributed by atoms with Gasteiger partial charge in [-0.3, -0.25) is 0 Å². The third-order valence-electron chi connectivity index (χ3n) is 15.6. The van der Waals surface area contributed by atoms with Crippen molar-refractivity contribution in [1.29, 1.82) is 26.3 Å². The van der Waals surface area contributed by atoms with E-state index in [0.29, 0.717) is 62.2 Å². The average molecular weight is 1130 g/mol. The molecule has 0 amide bonds. The van der Waals surface area contributed by atoms with Crippen molar-refractivity contribution in [3.8, 4) is 120 Å². The lowest BCUT2D eigenvalue weighted by Gasteiger charge is -2.18. The number of nitriles is 5. The van der Waals surface area contributed by atoms with Crippen molar-refractivity contribution < 1.29 is 0 Å². The van der Waals surface area contributed by atoms with Gasteiger partial charge in [0.2, 0.25) is 0 Å². The van der Waals surface area contributed by atoms with Crippen molar-refractivity contribution in [3.63, 3.8) is 0 Å². The predicted molar refractivity (Wildman–Crippen MR) is 353 cm³/mol. The van der Waals surface area contributed by atoms with Crippen LogP contribution in [-0.4, -0.2) is 24.1 Å². The number of fused-ring (bicyclic) bond motifs is 6. The van der Waals surface area contributed by atoms with Gasteiger partial charge < -0.3 is 9.13 Å². The van der Waals surface area contributed by atoms with E-state index in [4.69, 9.17) is 15.0 Å². The zero-order valence-corrected chi connectivity index (χ0v) is 48.6. The summed E-state index contributed by atoms with van der Waals surface area (Å²) < 4.78 is 4.33. The monoisotopic (exact) mass is 1130 g/mol. The fourth-order valence-electron chi connectivity index (χ4n) is 11.4. The molecule has 14 rings (SSSR count). The second kappa shape index (κ2) is 24.4. The van der Waals surface area contributed by atoms with Crippen molar-refractivity contribution in [1.82, 2.24) is 24.1 Å². The van der Waals surface area contributed by atoms with Gasteiger partial charge in [0.25, 0.3) is 0 Å². The van der Waals surface area contributed by atoms with Gasteiger partial charge in [-0.05, 0) is 154 Å². The van der Waals surface area contributed by atoms with Crippen LogP contribution in [0.3, 0.4) is 0 Å². The van der Waals surface area contributed by atoms with E-state index in [2.05, 4.69) is 112 Å². The van der Waals surface area contributed by atoms with Gasteiger partial charge in [-0.25, -0.2) is 15.0 Å². The fourth-order valence-corrected chi connectivity index (χ4v) is 11.4. The Kier molecular flexibility index (Phi) is 15.5. The lowest BCUT2D eigenvalue weighted by Crippen LogP contribution is -2.07. The van der Waals surface area contributed by atoms with Crippen molar-refractivity contribution in [2.24, 2.45) is 0 Å². The van der Waals surface area contributed by atoms with Gasteiger partial charge in [0.1, 0.15) is 11.6 Å². The molecule has 414 valence electrons. The first-order valence-electron chi connectivity index (χ1n) is 29.0. The number of hydrogen-bond acceptors (Lipinski definition) is 8. The van der Waals surface area contributed by atoms with Gasteiger partial charge in [-0.1, -0.05) is 161 Å². The van der Waals surface area contributed by atoms with Crippen LogP contribution in [0.1, 0.15) is 55.5 Å². The molecule has 0 radical (unpaired) electrons.